The lowest BCUT2D eigenvalue weighted by Gasteiger charge is -2.16. The van der Waals surface area contributed by atoms with Gasteiger partial charge in [0, 0.05) is 41.3 Å². The van der Waals surface area contributed by atoms with Crippen LogP contribution in [0.1, 0.15) is 28.9 Å². The molecule has 2 heterocycles. The summed E-state index contributed by atoms with van der Waals surface area (Å²) in [7, 11) is 0. The van der Waals surface area contributed by atoms with Crippen LogP contribution in [-0.2, 0) is 13.0 Å². The van der Waals surface area contributed by atoms with E-state index in [-0.39, 0.29) is 17.2 Å². The molecule has 4 rings (SSSR count). The first-order chi connectivity index (χ1) is 14.1. The van der Waals surface area contributed by atoms with Gasteiger partial charge in [-0.05, 0) is 61.9 Å². The lowest BCUT2D eigenvalue weighted by molar-refractivity contribution is -0.387. The molecule has 1 aliphatic rings. The number of nitro benzene ring substituents is 1. The van der Waals surface area contributed by atoms with Crippen molar-refractivity contribution in [2.75, 3.05) is 11.6 Å². The Balaban J connectivity index is 1.52. The lowest BCUT2D eigenvalue weighted by atomic mass is 10.1. The fourth-order valence-corrected chi connectivity index (χ4v) is 4.09. The Morgan fingerprint density at radius 2 is 2.00 bits per heavy atom. The van der Waals surface area contributed by atoms with E-state index >= 15 is 0 Å². The number of fused-ring (bicyclic) bond motifs is 1. The second kappa shape index (κ2) is 8.08. The molecule has 0 radical (unpaired) electrons. The number of hydrogen-bond donors (Lipinski definition) is 1. The summed E-state index contributed by atoms with van der Waals surface area (Å²) in [5.41, 5.74) is 3.07. The van der Waals surface area contributed by atoms with E-state index in [1.165, 1.54) is 29.9 Å². The first kappa shape index (κ1) is 19.2. The summed E-state index contributed by atoms with van der Waals surface area (Å²) in [6.07, 6.45) is 7.12. The first-order valence-electron chi connectivity index (χ1n) is 9.35. The second-order valence-corrected chi connectivity index (χ2v) is 7.71. The summed E-state index contributed by atoms with van der Waals surface area (Å²) < 4.78 is 2.25. The van der Waals surface area contributed by atoms with Gasteiger partial charge < -0.3 is 9.88 Å². The number of nitro groups is 1. The van der Waals surface area contributed by atoms with Crippen LogP contribution in [0.3, 0.4) is 0 Å². The van der Waals surface area contributed by atoms with Crippen molar-refractivity contribution in [1.82, 2.24) is 9.55 Å². The third-order valence-corrected chi connectivity index (χ3v) is 5.83. The Labute approximate surface area is 172 Å². The number of imidazole rings is 1. The molecule has 0 unspecified atom stereocenters. The number of amides is 1. The van der Waals surface area contributed by atoms with Crippen LogP contribution in [0.5, 0.6) is 0 Å². The van der Waals surface area contributed by atoms with Crippen molar-refractivity contribution in [2.45, 2.75) is 30.7 Å². The lowest BCUT2D eigenvalue weighted by Crippen LogP contribution is -2.12. The minimum atomic E-state index is -0.470. The van der Waals surface area contributed by atoms with Gasteiger partial charge in [0.05, 0.1) is 9.82 Å². The molecule has 0 saturated carbocycles. The van der Waals surface area contributed by atoms with E-state index < -0.39 is 4.92 Å². The Kier molecular flexibility index (Phi) is 5.35. The third-order valence-electron chi connectivity index (χ3n) is 5.04. The molecule has 7 nitrogen and oxygen atoms in total. The van der Waals surface area contributed by atoms with Crippen molar-refractivity contribution >= 4 is 29.0 Å². The molecule has 0 atom stereocenters. The summed E-state index contributed by atoms with van der Waals surface area (Å²) in [5.74, 6) is 0.563. The third kappa shape index (κ3) is 3.88. The maximum Gasteiger partial charge on any atom is 0.283 e. The predicted molar refractivity (Wildman–Crippen MR) is 113 cm³/mol. The largest absolute Gasteiger partial charge is 0.328 e. The Hall–Kier alpha value is -3.13. The van der Waals surface area contributed by atoms with Crippen LogP contribution in [0.4, 0.5) is 11.4 Å². The van der Waals surface area contributed by atoms with Crippen molar-refractivity contribution in [3.05, 3.63) is 70.0 Å². The molecule has 3 aromatic rings. The van der Waals surface area contributed by atoms with Gasteiger partial charge in [-0.2, -0.15) is 0 Å². The number of nitrogens with zero attached hydrogens (tertiary/aromatic N) is 3. The molecule has 8 heteroatoms. The maximum atomic E-state index is 12.5. The van der Waals surface area contributed by atoms with E-state index in [9.17, 15) is 14.9 Å². The summed E-state index contributed by atoms with van der Waals surface area (Å²) in [6, 6.07) is 12.0. The average molecular weight is 408 g/mol. The average Bonchev–Trinajstić information content (AvgIpc) is 3.18. The van der Waals surface area contributed by atoms with Crippen LogP contribution < -0.4 is 5.32 Å². The molecule has 0 bridgehead atoms. The molecular formula is C21H20N4O3S. The number of carbonyl (C=O) groups is 1. The van der Waals surface area contributed by atoms with Crippen LogP contribution in [0, 0.1) is 10.1 Å². The number of rotatable bonds is 5. The van der Waals surface area contributed by atoms with Gasteiger partial charge in [0.2, 0.25) is 0 Å². The summed E-state index contributed by atoms with van der Waals surface area (Å²) in [4.78, 5) is 28.4. The molecule has 1 aliphatic heterocycles. The molecule has 148 valence electrons. The quantitative estimate of drug-likeness (QED) is 0.373. The second-order valence-electron chi connectivity index (χ2n) is 6.86. The zero-order chi connectivity index (χ0) is 20.4. The maximum absolute atomic E-state index is 12.5. The summed E-state index contributed by atoms with van der Waals surface area (Å²) in [6.45, 7) is 0.980. The number of aromatic nitrogens is 2. The van der Waals surface area contributed by atoms with Crippen LogP contribution in [0.25, 0.3) is 11.4 Å². The molecule has 0 aliphatic carbocycles. The van der Waals surface area contributed by atoms with E-state index in [4.69, 9.17) is 0 Å². The smallest absolute Gasteiger partial charge is 0.283 e. The van der Waals surface area contributed by atoms with E-state index in [2.05, 4.69) is 14.9 Å². The highest BCUT2D eigenvalue weighted by atomic mass is 32.2. The number of nitrogens with one attached hydrogen (secondary N) is 1. The molecule has 29 heavy (non-hydrogen) atoms. The van der Waals surface area contributed by atoms with E-state index in [1.807, 2.05) is 30.5 Å². The molecule has 2 aromatic carbocycles. The summed E-state index contributed by atoms with van der Waals surface area (Å²) in [5, 5.41) is 14.0. The molecule has 0 saturated heterocycles. The van der Waals surface area contributed by atoms with E-state index in [0.717, 1.165) is 30.8 Å². The molecular weight excluding hydrogens is 388 g/mol. The molecule has 0 fully saturated rings. The highest BCUT2D eigenvalue weighted by Crippen LogP contribution is 2.29. The van der Waals surface area contributed by atoms with E-state index in [1.54, 1.807) is 18.4 Å². The van der Waals surface area contributed by atoms with Crippen molar-refractivity contribution in [1.29, 1.82) is 0 Å². The monoisotopic (exact) mass is 408 g/mol. The van der Waals surface area contributed by atoms with Crippen LogP contribution >= 0.6 is 11.8 Å². The highest BCUT2D eigenvalue weighted by molar-refractivity contribution is 7.98. The van der Waals surface area contributed by atoms with Gasteiger partial charge >= 0.3 is 0 Å². The van der Waals surface area contributed by atoms with Gasteiger partial charge in [-0.3, -0.25) is 14.9 Å². The van der Waals surface area contributed by atoms with Crippen molar-refractivity contribution < 1.29 is 9.72 Å². The van der Waals surface area contributed by atoms with E-state index in [0.29, 0.717) is 10.6 Å². The normalized spacial score (nSPS) is 13.0. The number of aryl methyl sites for hydroxylation is 1. The zero-order valence-corrected chi connectivity index (χ0v) is 16.7. The van der Waals surface area contributed by atoms with Gasteiger partial charge in [0.1, 0.15) is 5.82 Å². The molecule has 1 amide bonds. The minimum Gasteiger partial charge on any atom is -0.328 e. The molecule has 1 aromatic heterocycles. The summed E-state index contributed by atoms with van der Waals surface area (Å²) >= 11 is 1.28. The van der Waals surface area contributed by atoms with Crippen molar-refractivity contribution in [3.8, 4) is 11.4 Å². The topological polar surface area (TPSA) is 90.1 Å². The molecule has 1 N–H and O–H groups in total. The number of carbonyl (C=O) groups excluding carboxylic acids is 1. The number of anilines is 1. The number of benzene rings is 2. The Morgan fingerprint density at radius 3 is 2.72 bits per heavy atom. The van der Waals surface area contributed by atoms with Gasteiger partial charge in [-0.25, -0.2) is 4.98 Å². The Morgan fingerprint density at radius 1 is 1.21 bits per heavy atom. The predicted octanol–water partition coefficient (Wildman–Crippen LogP) is 4.77. The van der Waals surface area contributed by atoms with Crippen molar-refractivity contribution in [2.24, 2.45) is 0 Å². The first-order valence-corrected chi connectivity index (χ1v) is 10.6. The Bertz CT molecular complexity index is 1080. The van der Waals surface area contributed by atoms with Gasteiger partial charge in [0.15, 0.2) is 0 Å². The van der Waals surface area contributed by atoms with Gasteiger partial charge in [0.25, 0.3) is 11.6 Å². The number of thioether (sulfide) groups is 1. The molecule has 0 spiro atoms. The van der Waals surface area contributed by atoms with Crippen LogP contribution in [-0.4, -0.2) is 26.6 Å². The van der Waals surface area contributed by atoms with Crippen LogP contribution in [0.2, 0.25) is 0 Å². The van der Waals surface area contributed by atoms with Crippen LogP contribution in [0.15, 0.2) is 53.6 Å². The SMILES string of the molecule is CSc1ccc(C(=O)Nc2ccc(-c3ncc4n3CCCC4)cc2)cc1[N+](=O)[O-]. The van der Waals surface area contributed by atoms with Crippen molar-refractivity contribution in [3.63, 3.8) is 0 Å². The highest BCUT2D eigenvalue weighted by Gasteiger charge is 2.18. The fraction of sp³-hybridized carbons (Fsp3) is 0.238. The van der Waals surface area contributed by atoms with Gasteiger partial charge in [-0.1, -0.05) is 0 Å². The number of hydrogen-bond acceptors (Lipinski definition) is 5. The fourth-order valence-electron chi connectivity index (χ4n) is 3.55. The zero-order valence-electron chi connectivity index (χ0n) is 15.9. The minimum absolute atomic E-state index is 0.0652. The standard InChI is InChI=1S/C21H20N4O3S/c1-29-19-10-7-15(12-18(19)25(27)28)21(26)23-16-8-5-14(6-9-16)20-22-13-17-4-2-3-11-24(17)20/h5-10,12-13H,2-4,11H2,1H3,(H,23,26). The van der Waals surface area contributed by atoms with Gasteiger partial charge in [-0.15, -0.1) is 11.8 Å².